The van der Waals surface area contributed by atoms with Gasteiger partial charge in [-0.3, -0.25) is 0 Å². The summed E-state index contributed by atoms with van der Waals surface area (Å²) in [5, 5.41) is 12.4. The standard InChI is InChI=1S/C13H13N3O2/c1-9-8-10(5-6-11(9)17-2)13-15-12(18-16-13)4-3-7-14/h5-6,8H,3-4H2,1-2H3. The summed E-state index contributed by atoms with van der Waals surface area (Å²) in [6.45, 7) is 1.96. The number of aryl methyl sites for hydroxylation is 2. The van der Waals surface area contributed by atoms with Crippen LogP contribution in [0.15, 0.2) is 22.7 Å². The zero-order valence-electron chi connectivity index (χ0n) is 10.3. The monoisotopic (exact) mass is 243 g/mol. The normalized spacial score (nSPS) is 10.1. The molecule has 0 saturated heterocycles. The molecular formula is C13H13N3O2. The molecule has 0 amide bonds. The quantitative estimate of drug-likeness (QED) is 0.825. The Bertz CT molecular complexity index is 584. The molecule has 18 heavy (non-hydrogen) atoms. The molecule has 0 bridgehead atoms. The Labute approximate surface area is 105 Å². The van der Waals surface area contributed by atoms with E-state index in [0.29, 0.717) is 24.6 Å². The van der Waals surface area contributed by atoms with E-state index in [4.69, 9.17) is 14.5 Å². The minimum absolute atomic E-state index is 0.378. The zero-order chi connectivity index (χ0) is 13.0. The summed E-state index contributed by atoms with van der Waals surface area (Å²) >= 11 is 0. The van der Waals surface area contributed by atoms with Gasteiger partial charge < -0.3 is 9.26 Å². The number of benzene rings is 1. The van der Waals surface area contributed by atoms with Gasteiger partial charge in [0.05, 0.1) is 13.2 Å². The molecule has 0 N–H and O–H groups in total. The highest BCUT2D eigenvalue weighted by atomic mass is 16.5. The van der Waals surface area contributed by atoms with E-state index in [1.165, 1.54) is 0 Å². The highest BCUT2D eigenvalue weighted by Gasteiger charge is 2.09. The molecule has 0 spiro atoms. The summed E-state index contributed by atoms with van der Waals surface area (Å²) in [7, 11) is 1.64. The fraction of sp³-hybridized carbons (Fsp3) is 0.308. The third-order valence-electron chi connectivity index (χ3n) is 2.57. The molecule has 0 saturated carbocycles. The van der Waals surface area contributed by atoms with Gasteiger partial charge in [0, 0.05) is 18.4 Å². The van der Waals surface area contributed by atoms with Gasteiger partial charge in [0.25, 0.3) is 0 Å². The maximum atomic E-state index is 8.49. The number of nitrogens with zero attached hydrogens (tertiary/aromatic N) is 3. The Balaban J connectivity index is 2.23. The number of methoxy groups -OCH3 is 1. The van der Waals surface area contributed by atoms with E-state index in [1.54, 1.807) is 7.11 Å². The smallest absolute Gasteiger partial charge is 0.227 e. The molecule has 1 heterocycles. The van der Waals surface area contributed by atoms with Crippen LogP contribution < -0.4 is 4.74 Å². The van der Waals surface area contributed by atoms with E-state index in [2.05, 4.69) is 10.1 Å². The lowest BCUT2D eigenvalue weighted by Crippen LogP contribution is -1.89. The van der Waals surface area contributed by atoms with Crippen molar-refractivity contribution in [1.29, 1.82) is 5.26 Å². The minimum Gasteiger partial charge on any atom is -0.496 e. The first-order valence-corrected chi connectivity index (χ1v) is 5.59. The predicted molar refractivity (Wildman–Crippen MR) is 65.0 cm³/mol. The molecule has 0 aliphatic carbocycles. The first-order chi connectivity index (χ1) is 8.74. The number of hydrogen-bond acceptors (Lipinski definition) is 5. The van der Waals surface area contributed by atoms with Gasteiger partial charge in [0.2, 0.25) is 11.7 Å². The van der Waals surface area contributed by atoms with Crippen LogP contribution in [0.2, 0.25) is 0 Å². The number of ether oxygens (including phenoxy) is 1. The molecule has 1 aromatic carbocycles. The van der Waals surface area contributed by atoms with Crippen LogP contribution in [0.5, 0.6) is 5.75 Å². The average Bonchev–Trinajstić information content (AvgIpc) is 2.85. The van der Waals surface area contributed by atoms with Crippen LogP contribution in [-0.2, 0) is 6.42 Å². The van der Waals surface area contributed by atoms with Crippen molar-refractivity contribution in [2.24, 2.45) is 0 Å². The second-order valence-corrected chi connectivity index (χ2v) is 3.85. The number of rotatable bonds is 4. The fourth-order valence-electron chi connectivity index (χ4n) is 1.65. The third-order valence-corrected chi connectivity index (χ3v) is 2.57. The van der Waals surface area contributed by atoms with E-state index >= 15 is 0 Å². The van der Waals surface area contributed by atoms with Crippen LogP contribution in [0.3, 0.4) is 0 Å². The van der Waals surface area contributed by atoms with Gasteiger partial charge in [-0.15, -0.1) is 0 Å². The molecule has 0 fully saturated rings. The summed E-state index contributed by atoms with van der Waals surface area (Å²) < 4.78 is 10.3. The van der Waals surface area contributed by atoms with E-state index in [-0.39, 0.29) is 0 Å². The Kier molecular flexibility index (Phi) is 3.58. The lowest BCUT2D eigenvalue weighted by Gasteiger charge is -2.04. The topological polar surface area (TPSA) is 71.9 Å². The summed E-state index contributed by atoms with van der Waals surface area (Å²) in [4.78, 5) is 4.24. The van der Waals surface area contributed by atoms with Crippen LogP contribution in [-0.4, -0.2) is 17.3 Å². The summed E-state index contributed by atoms with van der Waals surface area (Å²) in [5.74, 6) is 1.85. The fourth-order valence-corrected chi connectivity index (χ4v) is 1.65. The largest absolute Gasteiger partial charge is 0.496 e. The number of nitriles is 1. The highest BCUT2D eigenvalue weighted by Crippen LogP contribution is 2.24. The molecule has 1 aromatic heterocycles. The molecule has 0 aliphatic rings. The molecule has 5 heteroatoms. The minimum atomic E-state index is 0.378. The first kappa shape index (κ1) is 12.1. The van der Waals surface area contributed by atoms with Crippen molar-refractivity contribution >= 4 is 0 Å². The highest BCUT2D eigenvalue weighted by molar-refractivity contribution is 5.58. The molecule has 5 nitrogen and oxygen atoms in total. The van der Waals surface area contributed by atoms with Crippen molar-refractivity contribution in [3.8, 4) is 23.2 Å². The van der Waals surface area contributed by atoms with Gasteiger partial charge in [0.15, 0.2) is 0 Å². The van der Waals surface area contributed by atoms with Gasteiger partial charge in [-0.1, -0.05) is 5.16 Å². The van der Waals surface area contributed by atoms with Crippen LogP contribution in [0.25, 0.3) is 11.4 Å². The van der Waals surface area contributed by atoms with Gasteiger partial charge in [-0.25, -0.2) is 0 Å². The van der Waals surface area contributed by atoms with Crippen LogP contribution in [0.4, 0.5) is 0 Å². The van der Waals surface area contributed by atoms with Crippen molar-refractivity contribution in [3.05, 3.63) is 29.7 Å². The summed E-state index contributed by atoms with van der Waals surface area (Å²) in [6.07, 6.45) is 0.863. The Morgan fingerprint density at radius 1 is 1.44 bits per heavy atom. The Morgan fingerprint density at radius 2 is 2.28 bits per heavy atom. The van der Waals surface area contributed by atoms with Crippen LogP contribution >= 0.6 is 0 Å². The number of hydrogen-bond donors (Lipinski definition) is 0. The van der Waals surface area contributed by atoms with Crippen molar-refractivity contribution < 1.29 is 9.26 Å². The predicted octanol–water partition coefficient (Wildman–Crippen LogP) is 2.51. The van der Waals surface area contributed by atoms with Gasteiger partial charge in [-0.05, 0) is 30.7 Å². The van der Waals surface area contributed by atoms with E-state index in [0.717, 1.165) is 16.9 Å². The lowest BCUT2D eigenvalue weighted by molar-refractivity contribution is 0.380. The van der Waals surface area contributed by atoms with Gasteiger partial charge in [-0.2, -0.15) is 10.2 Å². The molecule has 92 valence electrons. The van der Waals surface area contributed by atoms with Gasteiger partial charge in [0.1, 0.15) is 5.75 Å². The lowest BCUT2D eigenvalue weighted by atomic mass is 10.1. The SMILES string of the molecule is COc1ccc(-c2noc(CCC#N)n2)cc1C. The van der Waals surface area contributed by atoms with Crippen molar-refractivity contribution in [2.45, 2.75) is 19.8 Å². The van der Waals surface area contributed by atoms with E-state index < -0.39 is 0 Å². The summed E-state index contributed by atoms with van der Waals surface area (Å²) in [6, 6.07) is 7.74. The molecule has 2 rings (SSSR count). The molecule has 0 aliphatic heterocycles. The molecule has 0 radical (unpaired) electrons. The second kappa shape index (κ2) is 5.32. The molecular weight excluding hydrogens is 230 g/mol. The molecule has 2 aromatic rings. The van der Waals surface area contributed by atoms with E-state index in [9.17, 15) is 0 Å². The zero-order valence-corrected chi connectivity index (χ0v) is 10.3. The maximum absolute atomic E-state index is 8.49. The van der Waals surface area contributed by atoms with Crippen molar-refractivity contribution in [1.82, 2.24) is 10.1 Å². The first-order valence-electron chi connectivity index (χ1n) is 5.59. The average molecular weight is 243 g/mol. The second-order valence-electron chi connectivity index (χ2n) is 3.85. The van der Waals surface area contributed by atoms with E-state index in [1.807, 2.05) is 31.2 Å². The van der Waals surface area contributed by atoms with Crippen LogP contribution in [0.1, 0.15) is 17.9 Å². The maximum Gasteiger partial charge on any atom is 0.227 e. The Morgan fingerprint density at radius 3 is 2.94 bits per heavy atom. The van der Waals surface area contributed by atoms with Crippen molar-refractivity contribution in [2.75, 3.05) is 7.11 Å². The molecule has 0 unspecified atom stereocenters. The number of aromatic nitrogens is 2. The Hall–Kier alpha value is -2.35. The summed E-state index contributed by atoms with van der Waals surface area (Å²) in [5.41, 5.74) is 1.89. The third kappa shape index (κ3) is 2.48. The van der Waals surface area contributed by atoms with Crippen molar-refractivity contribution in [3.63, 3.8) is 0 Å². The van der Waals surface area contributed by atoms with Gasteiger partial charge >= 0.3 is 0 Å². The van der Waals surface area contributed by atoms with Crippen LogP contribution in [0, 0.1) is 18.3 Å². The molecule has 0 atom stereocenters.